The number of urea groups is 1. The predicted octanol–water partition coefficient (Wildman–Crippen LogP) is 3.99. The predicted molar refractivity (Wildman–Crippen MR) is 106 cm³/mol. The number of amides is 3. The molecule has 1 aliphatic rings. The van der Waals surface area contributed by atoms with Crippen LogP contribution in [0.25, 0.3) is 0 Å². The van der Waals surface area contributed by atoms with E-state index in [-0.39, 0.29) is 11.9 Å². The van der Waals surface area contributed by atoms with Crippen molar-refractivity contribution in [2.24, 2.45) is 0 Å². The first-order valence-electron chi connectivity index (χ1n) is 8.63. The van der Waals surface area contributed by atoms with E-state index < -0.39 is 0 Å². The van der Waals surface area contributed by atoms with E-state index in [2.05, 4.69) is 15.6 Å². The van der Waals surface area contributed by atoms with Crippen LogP contribution in [0.2, 0.25) is 0 Å². The molecule has 0 fully saturated rings. The number of hydrogen-bond donors (Lipinski definition) is 2. The quantitative estimate of drug-likeness (QED) is 0.724. The maximum Gasteiger partial charge on any atom is 0.322 e. The van der Waals surface area contributed by atoms with Crippen LogP contribution in [0.15, 0.2) is 60.1 Å². The van der Waals surface area contributed by atoms with Crippen molar-refractivity contribution in [3.63, 3.8) is 0 Å². The van der Waals surface area contributed by atoms with Crippen molar-refractivity contribution in [2.75, 3.05) is 17.2 Å². The molecule has 0 radical (unpaired) electrons. The maximum absolute atomic E-state index is 12.5. The van der Waals surface area contributed by atoms with Crippen molar-refractivity contribution in [2.45, 2.75) is 13.0 Å². The van der Waals surface area contributed by atoms with Crippen LogP contribution in [0.1, 0.15) is 21.6 Å². The van der Waals surface area contributed by atoms with Crippen LogP contribution in [0, 0.1) is 0 Å². The van der Waals surface area contributed by atoms with Crippen molar-refractivity contribution in [3.8, 4) is 0 Å². The van der Waals surface area contributed by atoms with Gasteiger partial charge in [-0.05, 0) is 59.3 Å². The summed E-state index contributed by atoms with van der Waals surface area (Å²) in [7, 11) is 0. The third kappa shape index (κ3) is 3.98. The topological polar surface area (TPSA) is 74.3 Å². The van der Waals surface area contributed by atoms with Crippen molar-refractivity contribution in [3.05, 3.63) is 76.9 Å². The summed E-state index contributed by atoms with van der Waals surface area (Å²) >= 11 is 1.50. The Labute approximate surface area is 160 Å². The van der Waals surface area contributed by atoms with Crippen molar-refractivity contribution in [1.29, 1.82) is 0 Å². The third-order valence-corrected chi connectivity index (χ3v) is 5.20. The molecule has 3 aromatic rings. The molecule has 2 N–H and O–H groups in total. The number of aromatic nitrogens is 1. The second-order valence-corrected chi connectivity index (χ2v) is 7.18. The highest BCUT2D eigenvalue weighted by molar-refractivity contribution is 7.14. The lowest BCUT2D eigenvalue weighted by Gasteiger charge is -2.29. The van der Waals surface area contributed by atoms with Gasteiger partial charge in [0, 0.05) is 25.0 Å². The standard InChI is InChI=1S/C20H18N4O2S/c25-19(17-4-1-2-9-21-17)22-16-7-6-14-8-10-24(13-15(14)12-16)20(26)23-18-5-3-11-27-18/h1-7,9,11-12H,8,10,13H2,(H,22,25)(H,23,26). The lowest BCUT2D eigenvalue weighted by molar-refractivity contribution is 0.102. The number of nitrogens with one attached hydrogen (secondary N) is 2. The first-order valence-corrected chi connectivity index (χ1v) is 9.50. The first kappa shape index (κ1) is 17.2. The Morgan fingerprint density at radius 1 is 1.04 bits per heavy atom. The van der Waals surface area contributed by atoms with Gasteiger partial charge >= 0.3 is 6.03 Å². The number of anilines is 2. The Kier molecular flexibility index (Phi) is 4.84. The largest absolute Gasteiger partial charge is 0.322 e. The van der Waals surface area contributed by atoms with Crippen LogP contribution in [-0.2, 0) is 13.0 Å². The summed E-state index contributed by atoms with van der Waals surface area (Å²) in [5.74, 6) is -0.251. The molecular weight excluding hydrogens is 360 g/mol. The molecule has 2 aromatic heterocycles. The van der Waals surface area contributed by atoms with Gasteiger partial charge in [-0.25, -0.2) is 4.79 Å². The minimum atomic E-state index is -0.251. The molecule has 136 valence electrons. The fourth-order valence-electron chi connectivity index (χ4n) is 3.03. The van der Waals surface area contributed by atoms with Crippen LogP contribution in [0.5, 0.6) is 0 Å². The summed E-state index contributed by atoms with van der Waals surface area (Å²) in [5, 5.41) is 8.55. The van der Waals surface area contributed by atoms with Crippen LogP contribution < -0.4 is 10.6 Å². The highest BCUT2D eigenvalue weighted by Gasteiger charge is 2.21. The molecule has 4 rings (SSSR count). The van der Waals surface area contributed by atoms with E-state index in [1.807, 2.05) is 35.7 Å². The number of carbonyl (C=O) groups is 2. The molecule has 0 bridgehead atoms. The van der Waals surface area contributed by atoms with Gasteiger partial charge in [0.1, 0.15) is 5.69 Å². The Morgan fingerprint density at radius 3 is 2.74 bits per heavy atom. The van der Waals surface area contributed by atoms with Gasteiger partial charge in [-0.2, -0.15) is 0 Å². The molecule has 1 aromatic carbocycles. The van der Waals surface area contributed by atoms with E-state index in [0.29, 0.717) is 24.5 Å². The second-order valence-electron chi connectivity index (χ2n) is 6.23. The number of nitrogens with zero attached hydrogens (tertiary/aromatic N) is 2. The van der Waals surface area contributed by atoms with Gasteiger partial charge in [-0.1, -0.05) is 12.1 Å². The Balaban J connectivity index is 1.45. The molecule has 0 unspecified atom stereocenters. The van der Waals surface area contributed by atoms with Crippen LogP contribution in [0.3, 0.4) is 0 Å². The van der Waals surface area contributed by atoms with Gasteiger partial charge in [-0.3, -0.25) is 15.1 Å². The molecule has 3 amide bonds. The molecular formula is C20H18N4O2S. The van der Waals surface area contributed by atoms with Crippen LogP contribution >= 0.6 is 11.3 Å². The van der Waals surface area contributed by atoms with Crippen molar-refractivity contribution >= 4 is 34.0 Å². The minimum absolute atomic E-state index is 0.106. The molecule has 3 heterocycles. The number of thiophene rings is 1. The molecule has 0 spiro atoms. The van der Waals surface area contributed by atoms with E-state index in [1.54, 1.807) is 29.3 Å². The van der Waals surface area contributed by atoms with E-state index in [4.69, 9.17) is 0 Å². The first-order chi connectivity index (χ1) is 13.2. The van der Waals surface area contributed by atoms with Gasteiger partial charge in [0.15, 0.2) is 0 Å². The summed E-state index contributed by atoms with van der Waals surface area (Å²) in [6.07, 6.45) is 2.38. The molecule has 0 atom stereocenters. The Bertz CT molecular complexity index is 957. The van der Waals surface area contributed by atoms with E-state index >= 15 is 0 Å². The Hall–Kier alpha value is -3.19. The lowest BCUT2D eigenvalue weighted by Crippen LogP contribution is -2.38. The van der Waals surface area contributed by atoms with Crippen LogP contribution in [-0.4, -0.2) is 28.4 Å². The van der Waals surface area contributed by atoms with E-state index in [1.165, 1.54) is 16.9 Å². The number of hydrogen-bond acceptors (Lipinski definition) is 4. The Morgan fingerprint density at radius 2 is 1.96 bits per heavy atom. The van der Waals surface area contributed by atoms with Gasteiger partial charge in [0.2, 0.25) is 0 Å². The highest BCUT2D eigenvalue weighted by Crippen LogP contribution is 2.24. The zero-order valence-corrected chi connectivity index (χ0v) is 15.3. The summed E-state index contributed by atoms with van der Waals surface area (Å²) < 4.78 is 0. The number of benzene rings is 1. The average molecular weight is 378 g/mol. The minimum Gasteiger partial charge on any atom is -0.321 e. The average Bonchev–Trinajstić information content (AvgIpc) is 3.21. The zero-order valence-electron chi connectivity index (χ0n) is 14.5. The second kappa shape index (κ2) is 7.59. The number of rotatable bonds is 3. The van der Waals surface area contributed by atoms with Crippen LogP contribution in [0.4, 0.5) is 15.5 Å². The van der Waals surface area contributed by atoms with Gasteiger partial charge < -0.3 is 10.2 Å². The highest BCUT2D eigenvalue weighted by atomic mass is 32.1. The number of pyridine rings is 1. The van der Waals surface area contributed by atoms with Gasteiger partial charge in [0.25, 0.3) is 5.91 Å². The number of carbonyl (C=O) groups excluding carboxylic acids is 2. The number of fused-ring (bicyclic) bond motifs is 1. The van der Waals surface area contributed by atoms with Crippen molar-refractivity contribution in [1.82, 2.24) is 9.88 Å². The lowest BCUT2D eigenvalue weighted by atomic mass is 9.99. The van der Waals surface area contributed by atoms with Gasteiger partial charge in [-0.15, -0.1) is 11.3 Å². The third-order valence-electron chi connectivity index (χ3n) is 4.41. The normalized spacial score (nSPS) is 13.0. The molecule has 0 saturated heterocycles. The summed E-state index contributed by atoms with van der Waals surface area (Å²) in [5.41, 5.74) is 3.31. The van der Waals surface area contributed by atoms with E-state index in [0.717, 1.165) is 17.0 Å². The molecule has 0 saturated carbocycles. The van der Waals surface area contributed by atoms with Crippen molar-refractivity contribution < 1.29 is 9.59 Å². The maximum atomic E-state index is 12.5. The molecule has 6 nitrogen and oxygen atoms in total. The monoisotopic (exact) mass is 378 g/mol. The smallest absolute Gasteiger partial charge is 0.321 e. The van der Waals surface area contributed by atoms with Gasteiger partial charge in [0.05, 0.1) is 5.00 Å². The molecule has 0 aliphatic carbocycles. The summed E-state index contributed by atoms with van der Waals surface area (Å²) in [6.45, 7) is 1.18. The molecule has 1 aliphatic heterocycles. The van der Waals surface area contributed by atoms with E-state index in [9.17, 15) is 9.59 Å². The SMILES string of the molecule is O=C(Nc1ccc2c(c1)CN(C(=O)Nc1cccs1)CC2)c1ccccn1. The fourth-order valence-corrected chi connectivity index (χ4v) is 3.64. The summed E-state index contributed by atoms with van der Waals surface area (Å²) in [4.78, 5) is 30.6. The summed E-state index contributed by atoms with van der Waals surface area (Å²) in [6, 6.07) is 14.7. The molecule has 7 heteroatoms. The fraction of sp³-hybridized carbons (Fsp3) is 0.150. The zero-order chi connectivity index (χ0) is 18.6. The molecule has 27 heavy (non-hydrogen) atoms.